The molecule has 0 unspecified atom stereocenters. The summed E-state index contributed by atoms with van der Waals surface area (Å²) < 4.78 is 5.43. The largest absolute Gasteiger partial charge is 0.415 e. The van der Waals surface area contributed by atoms with Crippen LogP contribution in [-0.2, 0) is 0 Å². The maximum atomic E-state index is 12.9. The number of hydrogen-bond acceptors (Lipinski definition) is 5. The monoisotopic (exact) mass is 409 g/mol. The Bertz CT molecular complexity index is 870. The molecule has 2 saturated heterocycles. The Balaban J connectivity index is 1.34. The summed E-state index contributed by atoms with van der Waals surface area (Å²) in [5.41, 5.74) is 0.731. The first-order chi connectivity index (χ1) is 14.7. The fourth-order valence-corrected chi connectivity index (χ4v) is 3.83. The van der Waals surface area contributed by atoms with Crippen LogP contribution in [0.25, 0.3) is 0 Å². The summed E-state index contributed by atoms with van der Waals surface area (Å²) in [6.45, 7) is 3.95. The summed E-state index contributed by atoms with van der Waals surface area (Å²) in [4.78, 5) is 35.4. The molecule has 2 aliphatic heterocycles. The highest BCUT2D eigenvalue weighted by Crippen LogP contribution is 2.26. The summed E-state index contributed by atoms with van der Waals surface area (Å²) in [5, 5.41) is 3.02. The number of aromatic nitrogens is 1. The van der Waals surface area contributed by atoms with Crippen molar-refractivity contribution in [1.82, 2.24) is 14.8 Å². The Kier molecular flexibility index (Phi) is 6.32. The van der Waals surface area contributed by atoms with E-state index in [0.29, 0.717) is 38.3 Å². The zero-order chi connectivity index (χ0) is 20.8. The van der Waals surface area contributed by atoms with Gasteiger partial charge in [-0.1, -0.05) is 18.2 Å². The number of anilines is 2. The van der Waals surface area contributed by atoms with Crippen molar-refractivity contribution >= 4 is 23.6 Å². The third-order valence-corrected chi connectivity index (χ3v) is 5.42. The predicted octanol–water partition coefficient (Wildman–Crippen LogP) is 3.42. The van der Waals surface area contributed by atoms with Crippen LogP contribution in [0.4, 0.5) is 21.1 Å². The van der Waals surface area contributed by atoms with Crippen LogP contribution in [0.15, 0.2) is 48.7 Å². The van der Waals surface area contributed by atoms with Crippen molar-refractivity contribution < 1.29 is 14.3 Å². The summed E-state index contributed by atoms with van der Waals surface area (Å²) in [6, 6.07) is 12.6. The van der Waals surface area contributed by atoms with E-state index in [1.165, 1.54) is 0 Å². The SMILES string of the molecule is O=C(Nc1cccnc1N1CCCC1)N1CCCN(C(=O)Oc2ccccc2)CC1. The number of carbonyl (C=O) groups is 2. The van der Waals surface area contributed by atoms with E-state index in [9.17, 15) is 9.59 Å². The summed E-state index contributed by atoms with van der Waals surface area (Å²) >= 11 is 0. The Morgan fingerprint density at radius 1 is 0.833 bits per heavy atom. The molecule has 2 fully saturated rings. The zero-order valence-electron chi connectivity index (χ0n) is 17.0. The number of amides is 3. The van der Waals surface area contributed by atoms with Gasteiger partial charge in [-0.25, -0.2) is 14.6 Å². The smallest absolute Gasteiger partial charge is 0.410 e. The maximum Gasteiger partial charge on any atom is 0.415 e. The highest BCUT2D eigenvalue weighted by atomic mass is 16.6. The molecular weight excluding hydrogens is 382 g/mol. The molecule has 30 heavy (non-hydrogen) atoms. The molecule has 3 heterocycles. The summed E-state index contributed by atoms with van der Waals surface area (Å²) in [6.07, 6.45) is 4.36. The van der Waals surface area contributed by atoms with Gasteiger partial charge in [0.05, 0.1) is 5.69 Å². The molecule has 8 heteroatoms. The number of rotatable bonds is 3. The Morgan fingerprint density at radius 3 is 2.37 bits per heavy atom. The van der Waals surface area contributed by atoms with Gasteiger partial charge in [0.1, 0.15) is 5.75 Å². The molecular formula is C22H27N5O3. The van der Waals surface area contributed by atoms with Crippen LogP contribution < -0.4 is 15.0 Å². The lowest BCUT2D eigenvalue weighted by atomic mass is 10.3. The minimum atomic E-state index is -0.382. The van der Waals surface area contributed by atoms with Crippen molar-refractivity contribution in [3.8, 4) is 5.75 Å². The maximum absolute atomic E-state index is 12.9. The van der Waals surface area contributed by atoms with Crippen LogP contribution >= 0.6 is 0 Å². The summed E-state index contributed by atoms with van der Waals surface area (Å²) in [5.74, 6) is 1.35. The molecule has 0 saturated carbocycles. The lowest BCUT2D eigenvalue weighted by Gasteiger charge is -2.24. The van der Waals surface area contributed by atoms with Crippen molar-refractivity contribution in [3.05, 3.63) is 48.7 Å². The van der Waals surface area contributed by atoms with Gasteiger partial charge in [0.25, 0.3) is 0 Å². The fourth-order valence-electron chi connectivity index (χ4n) is 3.83. The van der Waals surface area contributed by atoms with Crippen molar-refractivity contribution in [3.63, 3.8) is 0 Å². The quantitative estimate of drug-likeness (QED) is 0.840. The van der Waals surface area contributed by atoms with Crippen LogP contribution in [0.1, 0.15) is 19.3 Å². The molecule has 0 bridgehead atoms. The van der Waals surface area contributed by atoms with E-state index in [-0.39, 0.29) is 12.1 Å². The number of hydrogen-bond donors (Lipinski definition) is 1. The molecule has 8 nitrogen and oxygen atoms in total. The molecule has 158 valence electrons. The van der Waals surface area contributed by atoms with E-state index in [1.54, 1.807) is 28.1 Å². The second-order valence-corrected chi connectivity index (χ2v) is 7.51. The first-order valence-electron chi connectivity index (χ1n) is 10.5. The fraction of sp³-hybridized carbons (Fsp3) is 0.409. The predicted molar refractivity (Wildman–Crippen MR) is 115 cm³/mol. The zero-order valence-corrected chi connectivity index (χ0v) is 17.0. The molecule has 4 rings (SSSR count). The highest BCUT2D eigenvalue weighted by molar-refractivity contribution is 5.92. The molecule has 1 aromatic heterocycles. The van der Waals surface area contributed by atoms with Gasteiger partial charge in [-0.15, -0.1) is 0 Å². The molecule has 0 aliphatic carbocycles. The van der Waals surface area contributed by atoms with Crippen LogP contribution in [0.3, 0.4) is 0 Å². The minimum Gasteiger partial charge on any atom is -0.410 e. The molecule has 1 N–H and O–H groups in total. The van der Waals surface area contributed by atoms with Gasteiger partial charge >= 0.3 is 12.1 Å². The standard InChI is InChI=1S/C22H27N5O3/c28-21(24-19-10-6-11-23-20(19)25-12-4-5-13-25)26-14-7-15-27(17-16-26)22(29)30-18-8-2-1-3-9-18/h1-3,6,8-11H,4-5,7,12-17H2,(H,24,28). The second-order valence-electron chi connectivity index (χ2n) is 7.51. The van der Waals surface area contributed by atoms with E-state index >= 15 is 0 Å². The van der Waals surface area contributed by atoms with Crippen LogP contribution in [0, 0.1) is 0 Å². The molecule has 2 aromatic rings. The van der Waals surface area contributed by atoms with Gasteiger partial charge in [0.2, 0.25) is 0 Å². The Labute approximate surface area is 176 Å². The van der Waals surface area contributed by atoms with E-state index in [0.717, 1.165) is 37.4 Å². The van der Waals surface area contributed by atoms with Crippen molar-refractivity contribution in [2.75, 3.05) is 49.5 Å². The average molecular weight is 409 g/mol. The van der Waals surface area contributed by atoms with E-state index in [4.69, 9.17) is 4.74 Å². The lowest BCUT2D eigenvalue weighted by molar-refractivity contribution is 0.153. The Hall–Kier alpha value is -3.29. The number of pyridine rings is 1. The van der Waals surface area contributed by atoms with Gasteiger partial charge in [-0.05, 0) is 43.5 Å². The van der Waals surface area contributed by atoms with Gasteiger partial charge in [0, 0.05) is 45.5 Å². The second kappa shape index (κ2) is 9.47. The Morgan fingerprint density at radius 2 is 1.57 bits per heavy atom. The van der Waals surface area contributed by atoms with Crippen LogP contribution in [0.5, 0.6) is 5.75 Å². The van der Waals surface area contributed by atoms with Gasteiger partial charge in [-0.2, -0.15) is 0 Å². The normalized spacial score (nSPS) is 16.9. The third-order valence-electron chi connectivity index (χ3n) is 5.42. The number of nitrogens with one attached hydrogen (secondary N) is 1. The molecule has 0 atom stereocenters. The number of ether oxygens (including phenoxy) is 1. The minimum absolute atomic E-state index is 0.165. The van der Waals surface area contributed by atoms with Gasteiger partial charge in [-0.3, -0.25) is 0 Å². The number of urea groups is 1. The number of carbonyl (C=O) groups excluding carboxylic acids is 2. The van der Waals surface area contributed by atoms with Gasteiger partial charge in [0.15, 0.2) is 5.82 Å². The van der Waals surface area contributed by atoms with Gasteiger partial charge < -0.3 is 24.8 Å². The topological polar surface area (TPSA) is 78.0 Å². The summed E-state index contributed by atoms with van der Waals surface area (Å²) in [7, 11) is 0. The van der Waals surface area contributed by atoms with E-state index < -0.39 is 0 Å². The molecule has 1 aromatic carbocycles. The van der Waals surface area contributed by atoms with Crippen LogP contribution in [0.2, 0.25) is 0 Å². The van der Waals surface area contributed by atoms with Crippen LogP contribution in [-0.4, -0.2) is 66.2 Å². The number of para-hydroxylation sites is 1. The number of benzene rings is 1. The molecule has 0 spiro atoms. The van der Waals surface area contributed by atoms with E-state index in [2.05, 4.69) is 15.2 Å². The molecule has 0 radical (unpaired) electrons. The first-order valence-corrected chi connectivity index (χ1v) is 10.5. The average Bonchev–Trinajstić information content (AvgIpc) is 3.18. The highest BCUT2D eigenvalue weighted by Gasteiger charge is 2.24. The van der Waals surface area contributed by atoms with Crippen molar-refractivity contribution in [1.29, 1.82) is 0 Å². The number of nitrogens with zero attached hydrogens (tertiary/aromatic N) is 4. The first kappa shape index (κ1) is 20.0. The van der Waals surface area contributed by atoms with Crippen molar-refractivity contribution in [2.45, 2.75) is 19.3 Å². The molecule has 3 amide bonds. The van der Waals surface area contributed by atoms with Crippen molar-refractivity contribution in [2.24, 2.45) is 0 Å². The van der Waals surface area contributed by atoms with E-state index in [1.807, 2.05) is 30.3 Å². The molecule has 2 aliphatic rings. The third kappa shape index (κ3) is 4.82. The lowest BCUT2D eigenvalue weighted by Crippen LogP contribution is -2.40.